The Labute approximate surface area is 117 Å². The molecule has 5 nitrogen and oxygen atoms in total. The van der Waals surface area contributed by atoms with Gasteiger partial charge in [-0.2, -0.15) is 0 Å². The number of nitrogens with zero attached hydrogens (tertiary/aromatic N) is 2. The Kier molecular flexibility index (Phi) is 2.79. The van der Waals surface area contributed by atoms with Crippen LogP contribution in [-0.2, 0) is 0 Å². The molecular formula is C12H12BrFN2O3. The van der Waals surface area contributed by atoms with Crippen LogP contribution in [0.4, 0.5) is 15.8 Å². The van der Waals surface area contributed by atoms with Gasteiger partial charge in [0, 0.05) is 25.2 Å². The zero-order valence-electron chi connectivity index (χ0n) is 9.97. The van der Waals surface area contributed by atoms with Gasteiger partial charge in [0.15, 0.2) is 0 Å². The molecule has 0 bridgehead atoms. The molecule has 1 aliphatic carbocycles. The number of anilines is 1. The molecule has 0 spiro atoms. The van der Waals surface area contributed by atoms with Crippen LogP contribution >= 0.6 is 15.9 Å². The number of hydrogen-bond donors (Lipinski definition) is 1. The smallest absolute Gasteiger partial charge is 0.293 e. The van der Waals surface area contributed by atoms with Crippen LogP contribution in [0.1, 0.15) is 12.8 Å². The van der Waals surface area contributed by atoms with E-state index in [1.54, 1.807) is 4.90 Å². The van der Waals surface area contributed by atoms with E-state index in [9.17, 15) is 19.6 Å². The molecular weight excluding hydrogens is 319 g/mol. The zero-order valence-corrected chi connectivity index (χ0v) is 11.6. The van der Waals surface area contributed by atoms with Crippen LogP contribution in [-0.4, -0.2) is 28.7 Å². The predicted molar refractivity (Wildman–Crippen MR) is 70.6 cm³/mol. The minimum Gasteiger partial charge on any atom is -0.386 e. The Balaban J connectivity index is 1.89. The summed E-state index contributed by atoms with van der Waals surface area (Å²) < 4.78 is 13.6. The Hall–Kier alpha value is -1.21. The first-order valence-corrected chi connectivity index (χ1v) is 6.81. The van der Waals surface area contributed by atoms with Crippen molar-refractivity contribution in [3.8, 4) is 0 Å². The summed E-state index contributed by atoms with van der Waals surface area (Å²) in [7, 11) is 0. The number of rotatable bonds is 3. The Morgan fingerprint density at radius 2 is 2.11 bits per heavy atom. The standard InChI is InChI=1S/C12H12BrFN2O3/c13-8-3-11(16(18)19)10(4-9(8)14)15-5-12(17,6-15)7-1-2-7/h3-4,7,17H,1-2,5-6H2. The number of aliphatic hydroxyl groups is 1. The van der Waals surface area contributed by atoms with Crippen molar-refractivity contribution in [2.75, 3.05) is 18.0 Å². The van der Waals surface area contributed by atoms with Crippen LogP contribution in [0, 0.1) is 21.8 Å². The number of halogens is 2. The lowest BCUT2D eigenvalue weighted by molar-refractivity contribution is -0.384. The third kappa shape index (κ3) is 2.10. The van der Waals surface area contributed by atoms with Gasteiger partial charge >= 0.3 is 0 Å². The van der Waals surface area contributed by atoms with Crippen molar-refractivity contribution in [2.45, 2.75) is 18.4 Å². The molecule has 1 saturated carbocycles. The normalized spacial score (nSPS) is 21.1. The quantitative estimate of drug-likeness (QED) is 0.682. The number of nitro groups is 1. The van der Waals surface area contributed by atoms with Crippen LogP contribution in [0.2, 0.25) is 0 Å². The molecule has 2 fully saturated rings. The molecule has 0 radical (unpaired) electrons. The third-order valence-corrected chi connectivity index (χ3v) is 4.43. The topological polar surface area (TPSA) is 66.6 Å². The van der Waals surface area contributed by atoms with E-state index in [4.69, 9.17) is 0 Å². The van der Waals surface area contributed by atoms with Gasteiger partial charge in [-0.3, -0.25) is 10.1 Å². The van der Waals surface area contributed by atoms with E-state index in [1.807, 2.05) is 0 Å². The van der Waals surface area contributed by atoms with Crippen molar-refractivity contribution in [3.63, 3.8) is 0 Å². The van der Waals surface area contributed by atoms with Crippen LogP contribution < -0.4 is 4.90 Å². The summed E-state index contributed by atoms with van der Waals surface area (Å²) in [6, 6.07) is 2.31. The highest BCUT2D eigenvalue weighted by molar-refractivity contribution is 9.10. The van der Waals surface area contributed by atoms with Gasteiger partial charge in [-0.25, -0.2) is 4.39 Å². The van der Waals surface area contributed by atoms with E-state index >= 15 is 0 Å². The van der Waals surface area contributed by atoms with Gasteiger partial charge in [-0.15, -0.1) is 0 Å². The largest absolute Gasteiger partial charge is 0.386 e. The molecule has 7 heteroatoms. The summed E-state index contributed by atoms with van der Waals surface area (Å²) >= 11 is 2.95. The first-order chi connectivity index (χ1) is 8.90. The maximum absolute atomic E-state index is 13.5. The molecule has 1 heterocycles. The fraction of sp³-hybridized carbons (Fsp3) is 0.500. The first-order valence-electron chi connectivity index (χ1n) is 6.01. The Morgan fingerprint density at radius 3 is 2.63 bits per heavy atom. The molecule has 1 aromatic carbocycles. The number of benzene rings is 1. The molecule has 1 N–H and O–H groups in total. The number of β-amino-alcohol motifs (C(OH)–C–C–N with tert-alkyl or cyclic N) is 1. The molecule has 0 amide bonds. The van der Waals surface area contributed by atoms with Crippen molar-refractivity contribution in [1.29, 1.82) is 0 Å². The third-order valence-electron chi connectivity index (χ3n) is 3.82. The van der Waals surface area contributed by atoms with Crippen LogP contribution in [0.15, 0.2) is 16.6 Å². The summed E-state index contributed by atoms with van der Waals surface area (Å²) in [6.45, 7) is 0.666. The van der Waals surface area contributed by atoms with Crippen molar-refractivity contribution < 1.29 is 14.4 Å². The zero-order chi connectivity index (χ0) is 13.8. The summed E-state index contributed by atoms with van der Waals surface area (Å²) in [4.78, 5) is 12.1. The highest BCUT2D eigenvalue weighted by Gasteiger charge is 2.52. The van der Waals surface area contributed by atoms with Gasteiger partial charge in [0.1, 0.15) is 17.1 Å². The average Bonchev–Trinajstić information content (AvgIpc) is 3.12. The summed E-state index contributed by atoms with van der Waals surface area (Å²) in [6.07, 6.45) is 2.00. The molecule has 0 unspecified atom stereocenters. The van der Waals surface area contributed by atoms with Gasteiger partial charge in [0.05, 0.1) is 9.40 Å². The van der Waals surface area contributed by atoms with E-state index in [0.717, 1.165) is 18.9 Å². The minimum atomic E-state index is -0.753. The van der Waals surface area contributed by atoms with Gasteiger partial charge in [-0.05, 0) is 34.7 Å². The molecule has 1 aromatic rings. The molecule has 1 aliphatic heterocycles. The second-order valence-electron chi connectivity index (χ2n) is 5.25. The SMILES string of the molecule is O=[N+]([O-])c1cc(Br)c(F)cc1N1CC(O)(C2CC2)C1. The second kappa shape index (κ2) is 4.14. The summed E-state index contributed by atoms with van der Waals surface area (Å²) in [5, 5.41) is 21.2. The van der Waals surface area contributed by atoms with Crippen molar-refractivity contribution in [3.05, 3.63) is 32.5 Å². The molecule has 0 atom stereocenters. The molecule has 2 aliphatic rings. The van der Waals surface area contributed by atoms with E-state index < -0.39 is 16.3 Å². The summed E-state index contributed by atoms with van der Waals surface area (Å²) in [5.74, 6) is -0.245. The maximum atomic E-state index is 13.5. The summed E-state index contributed by atoms with van der Waals surface area (Å²) in [5.41, 5.74) is -0.667. The molecule has 19 heavy (non-hydrogen) atoms. The van der Waals surface area contributed by atoms with Crippen LogP contribution in [0.3, 0.4) is 0 Å². The monoisotopic (exact) mass is 330 g/mol. The minimum absolute atomic E-state index is 0.0703. The van der Waals surface area contributed by atoms with Crippen LogP contribution in [0.5, 0.6) is 0 Å². The highest BCUT2D eigenvalue weighted by Crippen LogP contribution is 2.47. The van der Waals surface area contributed by atoms with Crippen molar-refractivity contribution in [2.24, 2.45) is 5.92 Å². The van der Waals surface area contributed by atoms with Gasteiger partial charge in [0.2, 0.25) is 0 Å². The lowest BCUT2D eigenvalue weighted by Gasteiger charge is -2.48. The predicted octanol–water partition coefficient (Wildman–Crippen LogP) is 2.46. The van der Waals surface area contributed by atoms with E-state index in [2.05, 4.69) is 15.9 Å². The number of nitro benzene ring substituents is 1. The fourth-order valence-corrected chi connectivity index (χ4v) is 2.92. The van der Waals surface area contributed by atoms with Crippen molar-refractivity contribution >= 4 is 27.3 Å². The average molecular weight is 331 g/mol. The molecule has 1 saturated heterocycles. The lowest BCUT2D eigenvalue weighted by atomic mass is 9.88. The van der Waals surface area contributed by atoms with E-state index in [1.165, 1.54) is 6.07 Å². The van der Waals surface area contributed by atoms with Crippen LogP contribution in [0.25, 0.3) is 0 Å². The molecule has 0 aromatic heterocycles. The van der Waals surface area contributed by atoms with Crippen molar-refractivity contribution in [1.82, 2.24) is 0 Å². The Bertz CT molecular complexity index is 556. The first kappa shape index (κ1) is 12.8. The Morgan fingerprint density at radius 1 is 1.47 bits per heavy atom. The van der Waals surface area contributed by atoms with Gasteiger partial charge in [0.25, 0.3) is 5.69 Å². The number of hydrogen-bond acceptors (Lipinski definition) is 4. The fourth-order valence-electron chi connectivity index (χ4n) is 2.59. The molecule has 3 rings (SSSR count). The second-order valence-corrected chi connectivity index (χ2v) is 6.10. The van der Waals surface area contributed by atoms with Gasteiger partial charge < -0.3 is 10.0 Å². The van der Waals surface area contributed by atoms with Gasteiger partial charge in [-0.1, -0.05) is 0 Å². The van der Waals surface area contributed by atoms with E-state index in [0.29, 0.717) is 19.0 Å². The lowest BCUT2D eigenvalue weighted by Crippen LogP contribution is -2.63. The highest BCUT2D eigenvalue weighted by atomic mass is 79.9. The molecule has 102 valence electrons. The maximum Gasteiger partial charge on any atom is 0.293 e. The van der Waals surface area contributed by atoms with E-state index in [-0.39, 0.29) is 15.8 Å².